The van der Waals surface area contributed by atoms with Gasteiger partial charge < -0.3 is 24.7 Å². The van der Waals surface area contributed by atoms with Crippen LogP contribution in [0.15, 0.2) is 35.8 Å². The van der Waals surface area contributed by atoms with Crippen LogP contribution in [0.25, 0.3) is 0 Å². The highest BCUT2D eigenvalue weighted by molar-refractivity contribution is 14.0. The summed E-state index contributed by atoms with van der Waals surface area (Å²) in [5.41, 5.74) is 1.21. The third-order valence-corrected chi connectivity index (χ3v) is 4.44. The van der Waals surface area contributed by atoms with Crippen LogP contribution < -0.4 is 20.1 Å². The number of hydrogen-bond acceptors (Lipinski definition) is 5. The van der Waals surface area contributed by atoms with Crippen molar-refractivity contribution in [3.8, 4) is 11.5 Å². The van der Waals surface area contributed by atoms with E-state index in [0.29, 0.717) is 19.7 Å². The number of benzene rings is 1. The molecule has 1 aromatic carbocycles. The molecule has 1 heterocycles. The van der Waals surface area contributed by atoms with Crippen LogP contribution in [0, 0.1) is 6.92 Å². The van der Waals surface area contributed by atoms with Crippen molar-refractivity contribution in [2.24, 2.45) is 12.0 Å². The summed E-state index contributed by atoms with van der Waals surface area (Å²) in [5, 5.41) is 14.8. The monoisotopic (exact) mass is 528 g/mol. The molecule has 0 saturated carbocycles. The molecule has 0 saturated heterocycles. The topological polar surface area (TPSA) is 85.6 Å². The van der Waals surface area contributed by atoms with E-state index < -0.39 is 0 Å². The summed E-state index contributed by atoms with van der Waals surface area (Å²) in [6, 6.07) is 6.07. The van der Waals surface area contributed by atoms with E-state index >= 15 is 0 Å². The molecule has 30 heavy (non-hydrogen) atoms. The van der Waals surface area contributed by atoms with E-state index in [4.69, 9.17) is 9.47 Å². The van der Waals surface area contributed by atoms with Gasteiger partial charge in [-0.15, -0.1) is 40.8 Å². The predicted octanol–water partition coefficient (Wildman–Crippen LogP) is 3.00. The van der Waals surface area contributed by atoms with Crippen molar-refractivity contribution in [2.45, 2.75) is 33.2 Å². The molecular formula is C21H33IN6O2. The molecule has 0 amide bonds. The van der Waals surface area contributed by atoms with E-state index in [1.54, 1.807) is 13.2 Å². The minimum Gasteiger partial charge on any atom is -0.493 e. The maximum Gasteiger partial charge on any atom is 0.191 e. The fraction of sp³-hybridized carbons (Fsp3) is 0.476. The van der Waals surface area contributed by atoms with E-state index in [0.717, 1.165) is 48.5 Å². The van der Waals surface area contributed by atoms with Crippen LogP contribution in [0.3, 0.4) is 0 Å². The van der Waals surface area contributed by atoms with Crippen molar-refractivity contribution in [1.29, 1.82) is 0 Å². The van der Waals surface area contributed by atoms with Crippen LogP contribution in [-0.2, 0) is 20.0 Å². The summed E-state index contributed by atoms with van der Waals surface area (Å²) in [5.74, 6) is 3.97. The fourth-order valence-electron chi connectivity index (χ4n) is 2.73. The van der Waals surface area contributed by atoms with Gasteiger partial charge in [0.25, 0.3) is 0 Å². The molecule has 0 fully saturated rings. The molecule has 0 unspecified atom stereocenters. The minimum absolute atomic E-state index is 0. The molecule has 0 aliphatic heterocycles. The van der Waals surface area contributed by atoms with Gasteiger partial charge in [0.2, 0.25) is 0 Å². The third-order valence-electron chi connectivity index (χ3n) is 4.44. The first-order valence-electron chi connectivity index (χ1n) is 9.86. The van der Waals surface area contributed by atoms with Gasteiger partial charge in [0.15, 0.2) is 23.3 Å². The molecule has 0 atom stereocenters. The molecule has 0 aliphatic rings. The number of aryl methyl sites for hydroxylation is 2. The normalized spacial score (nSPS) is 10.9. The van der Waals surface area contributed by atoms with Crippen LogP contribution in [0.4, 0.5) is 0 Å². The Bertz CT molecular complexity index is 822. The zero-order chi connectivity index (χ0) is 21.1. The summed E-state index contributed by atoms with van der Waals surface area (Å²) >= 11 is 0. The van der Waals surface area contributed by atoms with Gasteiger partial charge in [0.1, 0.15) is 12.4 Å². The van der Waals surface area contributed by atoms with Gasteiger partial charge >= 0.3 is 0 Å². The number of halogens is 1. The highest BCUT2D eigenvalue weighted by atomic mass is 127. The smallest absolute Gasteiger partial charge is 0.191 e. The SMILES string of the molecule is C=CCNC(=NCc1nnc(C)n1C)NCCCc1ccc(OC)c(OCC)c1.I. The number of aromatic nitrogens is 3. The number of aliphatic imine (C=N–C) groups is 1. The number of nitrogens with one attached hydrogen (secondary N) is 2. The maximum absolute atomic E-state index is 5.65. The molecule has 9 heteroatoms. The summed E-state index contributed by atoms with van der Waals surface area (Å²) in [4.78, 5) is 4.60. The number of hydrogen-bond donors (Lipinski definition) is 2. The van der Waals surface area contributed by atoms with Gasteiger partial charge in [0, 0.05) is 20.1 Å². The van der Waals surface area contributed by atoms with Crippen molar-refractivity contribution >= 4 is 29.9 Å². The van der Waals surface area contributed by atoms with E-state index in [2.05, 4.69) is 38.5 Å². The van der Waals surface area contributed by atoms with Gasteiger partial charge in [0.05, 0.1) is 13.7 Å². The highest BCUT2D eigenvalue weighted by Gasteiger charge is 2.07. The first kappa shape index (κ1) is 25.7. The van der Waals surface area contributed by atoms with Crippen molar-refractivity contribution in [1.82, 2.24) is 25.4 Å². The predicted molar refractivity (Wildman–Crippen MR) is 131 cm³/mol. The van der Waals surface area contributed by atoms with Crippen molar-refractivity contribution in [3.63, 3.8) is 0 Å². The molecule has 2 N–H and O–H groups in total. The van der Waals surface area contributed by atoms with Crippen LogP contribution in [0.5, 0.6) is 11.5 Å². The number of nitrogens with zero attached hydrogens (tertiary/aromatic N) is 4. The lowest BCUT2D eigenvalue weighted by Gasteiger charge is -2.13. The Labute approximate surface area is 196 Å². The third kappa shape index (κ3) is 7.85. The molecule has 166 valence electrons. The van der Waals surface area contributed by atoms with Crippen molar-refractivity contribution in [2.75, 3.05) is 26.8 Å². The van der Waals surface area contributed by atoms with Gasteiger partial charge in [-0.3, -0.25) is 0 Å². The molecule has 0 radical (unpaired) electrons. The van der Waals surface area contributed by atoms with Crippen molar-refractivity contribution < 1.29 is 9.47 Å². The summed E-state index contributed by atoms with van der Waals surface area (Å²) in [6.45, 7) is 10.1. The second-order valence-corrected chi connectivity index (χ2v) is 6.51. The van der Waals surface area contributed by atoms with Gasteiger partial charge in [-0.05, 0) is 44.4 Å². The Morgan fingerprint density at radius 3 is 2.70 bits per heavy atom. The molecule has 0 aliphatic carbocycles. The Kier molecular flexibility index (Phi) is 11.9. The van der Waals surface area contributed by atoms with Crippen LogP contribution in [-0.4, -0.2) is 47.5 Å². The van der Waals surface area contributed by atoms with Crippen LogP contribution in [0.1, 0.15) is 30.6 Å². The van der Waals surface area contributed by atoms with Gasteiger partial charge in [-0.2, -0.15) is 0 Å². The largest absolute Gasteiger partial charge is 0.493 e. The number of rotatable bonds is 11. The minimum atomic E-state index is 0. The standard InChI is InChI=1S/C21H32N6O2.HI/c1-6-12-22-21(24-15-20-26-25-16(3)27(20)4)23-13-8-9-17-10-11-18(28-5)19(14-17)29-7-2;/h6,10-11,14H,1,7-9,12-13,15H2,2-5H3,(H2,22,23,24);1H. The fourth-order valence-corrected chi connectivity index (χ4v) is 2.73. The van der Waals surface area contributed by atoms with E-state index in [1.165, 1.54) is 5.56 Å². The van der Waals surface area contributed by atoms with Crippen LogP contribution in [0.2, 0.25) is 0 Å². The quantitative estimate of drug-likeness (QED) is 0.153. The van der Waals surface area contributed by atoms with E-state index in [1.807, 2.05) is 37.6 Å². The van der Waals surface area contributed by atoms with Gasteiger partial charge in [-0.1, -0.05) is 12.1 Å². The second-order valence-electron chi connectivity index (χ2n) is 6.51. The highest BCUT2D eigenvalue weighted by Crippen LogP contribution is 2.28. The second kappa shape index (κ2) is 13.8. The Hall–Kier alpha value is -2.30. The first-order valence-corrected chi connectivity index (χ1v) is 9.86. The van der Waals surface area contributed by atoms with Crippen LogP contribution >= 0.6 is 24.0 Å². The molecule has 2 aromatic rings. The lowest BCUT2D eigenvalue weighted by atomic mass is 10.1. The summed E-state index contributed by atoms with van der Waals surface area (Å²) < 4.78 is 12.9. The van der Waals surface area contributed by atoms with E-state index in [-0.39, 0.29) is 24.0 Å². The number of guanidine groups is 1. The average Bonchev–Trinajstić information content (AvgIpc) is 3.05. The average molecular weight is 528 g/mol. The Morgan fingerprint density at radius 1 is 1.27 bits per heavy atom. The zero-order valence-electron chi connectivity index (χ0n) is 18.3. The molecule has 8 nitrogen and oxygen atoms in total. The summed E-state index contributed by atoms with van der Waals surface area (Å²) in [6.07, 6.45) is 3.68. The first-order chi connectivity index (χ1) is 14.1. The maximum atomic E-state index is 5.65. The molecular weight excluding hydrogens is 495 g/mol. The molecule has 0 bridgehead atoms. The molecule has 2 rings (SSSR count). The lowest BCUT2D eigenvalue weighted by Crippen LogP contribution is -2.38. The van der Waals surface area contributed by atoms with Crippen molar-refractivity contribution in [3.05, 3.63) is 48.1 Å². The van der Waals surface area contributed by atoms with E-state index in [9.17, 15) is 0 Å². The lowest BCUT2D eigenvalue weighted by molar-refractivity contribution is 0.310. The molecule has 1 aromatic heterocycles. The zero-order valence-corrected chi connectivity index (χ0v) is 20.6. The molecule has 0 spiro atoms. The Balaban J connectivity index is 0.00000450. The number of ether oxygens (including phenoxy) is 2. The Morgan fingerprint density at radius 2 is 2.07 bits per heavy atom. The van der Waals surface area contributed by atoms with Gasteiger partial charge in [-0.25, -0.2) is 4.99 Å². The number of methoxy groups -OCH3 is 1. The summed E-state index contributed by atoms with van der Waals surface area (Å²) in [7, 11) is 3.59.